The topological polar surface area (TPSA) is 210 Å². The maximum atomic E-state index is 12.8. The predicted molar refractivity (Wildman–Crippen MR) is 249 cm³/mol. The highest BCUT2D eigenvalue weighted by Gasteiger charge is 2.51. The maximum Gasteiger partial charge on any atom is 0.472 e. The van der Waals surface area contributed by atoms with Crippen LogP contribution < -0.4 is 0 Å². The zero-order valence-electron chi connectivity index (χ0n) is 38.9. The van der Waals surface area contributed by atoms with Crippen LogP contribution in [-0.4, -0.2) is 98.3 Å². The minimum absolute atomic E-state index is 0.0897. The number of esters is 2. The summed E-state index contributed by atoms with van der Waals surface area (Å²) in [5, 5.41) is 50.2. The summed E-state index contributed by atoms with van der Waals surface area (Å²) in [6.07, 6.45) is 33.0. The molecule has 6 N–H and O–H groups in total. The Kier molecular flexibility index (Phi) is 36.4. The molecule has 0 aromatic heterocycles. The van der Waals surface area contributed by atoms with Crippen molar-refractivity contribution in [2.24, 2.45) is 0 Å². The molecule has 8 atom stereocenters. The van der Waals surface area contributed by atoms with E-state index in [2.05, 4.69) is 62.5 Å². The fraction of sp³-hybridized carbons (Fsp3) is 0.796. The smallest absolute Gasteiger partial charge is 0.462 e. The summed E-state index contributed by atoms with van der Waals surface area (Å²) in [5.74, 6) is -1.12. The molecule has 6 unspecified atom stereocenters. The van der Waals surface area contributed by atoms with Gasteiger partial charge in [0.05, 0.1) is 6.61 Å². The summed E-state index contributed by atoms with van der Waals surface area (Å²) in [7, 11) is -5.13. The molecule has 0 aromatic carbocycles. The Bertz CT molecular complexity index is 1290. The molecular weight excluding hydrogens is 827 g/mol. The zero-order chi connectivity index (χ0) is 46.4. The number of carbonyl (C=O) groups is 2. The second-order valence-electron chi connectivity index (χ2n) is 16.9. The molecule has 366 valence electrons. The average molecular weight is 915 g/mol. The molecule has 0 bridgehead atoms. The van der Waals surface area contributed by atoms with Crippen LogP contribution in [-0.2, 0) is 32.7 Å². The second kappa shape index (κ2) is 39.0. The second-order valence-corrected chi connectivity index (χ2v) is 18.3. The van der Waals surface area contributed by atoms with Crippen LogP contribution in [0.2, 0.25) is 0 Å². The third-order valence-corrected chi connectivity index (χ3v) is 12.1. The molecule has 0 spiro atoms. The van der Waals surface area contributed by atoms with Gasteiger partial charge < -0.3 is 39.9 Å². The largest absolute Gasteiger partial charge is 0.472 e. The molecule has 1 aliphatic carbocycles. The zero-order valence-corrected chi connectivity index (χ0v) is 39.8. The number of allylic oxidation sites excluding steroid dienone is 8. The predicted octanol–water partition coefficient (Wildman–Crippen LogP) is 9.95. The van der Waals surface area contributed by atoms with Crippen molar-refractivity contribution in [3.8, 4) is 0 Å². The number of ether oxygens (including phenoxy) is 2. The molecule has 1 rings (SSSR count). The van der Waals surface area contributed by atoms with Gasteiger partial charge in [-0.2, -0.15) is 0 Å². The Hall–Kier alpha value is -2.19. The molecule has 0 aliphatic heterocycles. The van der Waals surface area contributed by atoms with Crippen LogP contribution in [0.1, 0.15) is 194 Å². The third-order valence-electron chi connectivity index (χ3n) is 11.2. The van der Waals surface area contributed by atoms with Crippen molar-refractivity contribution < 1.29 is 63.1 Å². The normalized spacial score (nSPS) is 22.1. The molecule has 1 fully saturated rings. The van der Waals surface area contributed by atoms with Crippen molar-refractivity contribution in [3.63, 3.8) is 0 Å². The first-order chi connectivity index (χ1) is 30.4. The van der Waals surface area contributed by atoms with Crippen LogP contribution in [0.15, 0.2) is 48.6 Å². The molecule has 0 aromatic rings. The van der Waals surface area contributed by atoms with Gasteiger partial charge in [0.25, 0.3) is 0 Å². The molecule has 1 aliphatic rings. The number of phosphoric ester groups is 1. The Morgan fingerprint density at radius 1 is 0.508 bits per heavy atom. The highest BCUT2D eigenvalue weighted by Crippen LogP contribution is 2.47. The van der Waals surface area contributed by atoms with Gasteiger partial charge in [-0.15, -0.1) is 0 Å². The number of phosphoric acid groups is 1. The van der Waals surface area contributed by atoms with Gasteiger partial charge in [0.15, 0.2) is 6.10 Å². The Morgan fingerprint density at radius 3 is 1.40 bits per heavy atom. The lowest BCUT2D eigenvalue weighted by atomic mass is 9.85. The SMILES string of the molecule is CC/C=C/C/C=C/C/C=C/CCCCCCCC(=O)OC[C@H](COP(=O)(O)OC1C(O)C(O)C(O)[C@@H](O)C1O)OC(=O)CCCCCCCCCCC/C=C/CCCCCCCC. The number of rotatable bonds is 40. The Balaban J connectivity index is 2.43. The van der Waals surface area contributed by atoms with E-state index < -0.39 is 75.7 Å². The third kappa shape index (κ3) is 31.4. The van der Waals surface area contributed by atoms with Crippen molar-refractivity contribution in [3.05, 3.63) is 48.6 Å². The lowest BCUT2D eigenvalue weighted by Crippen LogP contribution is -2.64. The fourth-order valence-electron chi connectivity index (χ4n) is 7.24. The van der Waals surface area contributed by atoms with Gasteiger partial charge in [-0.25, -0.2) is 4.57 Å². The molecule has 0 heterocycles. The minimum atomic E-state index is -5.13. The van der Waals surface area contributed by atoms with Crippen molar-refractivity contribution in [1.29, 1.82) is 0 Å². The Morgan fingerprint density at radius 2 is 0.905 bits per heavy atom. The Labute approximate surface area is 380 Å². The maximum absolute atomic E-state index is 12.8. The number of aliphatic hydroxyl groups is 5. The van der Waals surface area contributed by atoms with Crippen LogP contribution in [0.25, 0.3) is 0 Å². The van der Waals surface area contributed by atoms with Crippen molar-refractivity contribution >= 4 is 19.8 Å². The first-order valence-corrected chi connectivity index (χ1v) is 25.9. The first kappa shape index (κ1) is 58.8. The number of carbonyl (C=O) groups excluding carboxylic acids is 2. The van der Waals surface area contributed by atoms with Crippen LogP contribution in [0.4, 0.5) is 0 Å². The molecule has 14 heteroatoms. The van der Waals surface area contributed by atoms with Gasteiger partial charge in [-0.3, -0.25) is 18.6 Å². The highest BCUT2D eigenvalue weighted by molar-refractivity contribution is 7.47. The van der Waals surface area contributed by atoms with E-state index in [1.54, 1.807) is 0 Å². The van der Waals surface area contributed by atoms with Gasteiger partial charge in [0, 0.05) is 12.8 Å². The van der Waals surface area contributed by atoms with E-state index in [0.717, 1.165) is 83.5 Å². The lowest BCUT2D eigenvalue weighted by molar-refractivity contribution is -0.220. The van der Waals surface area contributed by atoms with Gasteiger partial charge >= 0.3 is 19.8 Å². The van der Waals surface area contributed by atoms with Crippen molar-refractivity contribution in [1.82, 2.24) is 0 Å². The quantitative estimate of drug-likeness (QED) is 0.0147. The molecule has 13 nitrogen and oxygen atoms in total. The summed E-state index contributed by atoms with van der Waals surface area (Å²) < 4.78 is 33.6. The van der Waals surface area contributed by atoms with E-state index in [-0.39, 0.29) is 12.8 Å². The number of unbranched alkanes of at least 4 members (excludes halogenated alkanes) is 20. The monoisotopic (exact) mass is 915 g/mol. The van der Waals surface area contributed by atoms with E-state index in [0.29, 0.717) is 12.8 Å². The van der Waals surface area contributed by atoms with E-state index in [4.69, 9.17) is 18.5 Å². The van der Waals surface area contributed by atoms with Gasteiger partial charge in [-0.1, -0.05) is 159 Å². The van der Waals surface area contributed by atoms with E-state index >= 15 is 0 Å². The van der Waals surface area contributed by atoms with Crippen LogP contribution in [0.3, 0.4) is 0 Å². The molecule has 1 saturated carbocycles. The summed E-state index contributed by atoms with van der Waals surface area (Å²) in [6.45, 7) is 3.18. The number of aliphatic hydroxyl groups excluding tert-OH is 5. The number of hydrogen-bond donors (Lipinski definition) is 6. The van der Waals surface area contributed by atoms with E-state index in [1.165, 1.54) is 70.6 Å². The lowest BCUT2D eigenvalue weighted by Gasteiger charge is -2.41. The minimum Gasteiger partial charge on any atom is -0.462 e. The van der Waals surface area contributed by atoms with E-state index in [1.807, 2.05) is 0 Å². The van der Waals surface area contributed by atoms with Crippen LogP contribution in [0, 0.1) is 0 Å². The molecule has 0 amide bonds. The summed E-state index contributed by atoms with van der Waals surface area (Å²) >= 11 is 0. The number of hydrogen-bond acceptors (Lipinski definition) is 12. The fourth-order valence-corrected chi connectivity index (χ4v) is 8.21. The molecule has 0 saturated heterocycles. The standard InChI is InChI=1S/C49H87O13P/c1-3-5-7-9-11-13-15-17-19-20-21-22-24-26-28-30-32-34-36-38-43(51)61-41(40-60-63(57,58)62-49-47(55)45(53)44(52)46(54)48(49)56)39-59-42(50)37-35-33-31-29-27-25-23-18-16-14-12-10-8-6-4-2/h6,8,12,14,17-19,23,41,44-49,52-56H,3-5,7,9-11,13,15-16,20-22,24-40H2,1-2H3,(H,57,58)/b8-6+,14-12+,19-17+,23-18+/t41-,44?,45-,46?,47?,48?,49?/m1/s1. The molecule has 63 heavy (non-hydrogen) atoms. The van der Waals surface area contributed by atoms with E-state index in [9.17, 15) is 44.6 Å². The van der Waals surface area contributed by atoms with Crippen molar-refractivity contribution in [2.45, 2.75) is 236 Å². The summed E-state index contributed by atoms with van der Waals surface area (Å²) in [5.41, 5.74) is 0. The van der Waals surface area contributed by atoms with Crippen LogP contribution in [0.5, 0.6) is 0 Å². The summed E-state index contributed by atoms with van der Waals surface area (Å²) in [6, 6.07) is 0. The van der Waals surface area contributed by atoms with Gasteiger partial charge in [0.2, 0.25) is 0 Å². The molecule has 0 radical (unpaired) electrons. The van der Waals surface area contributed by atoms with Gasteiger partial charge in [0.1, 0.15) is 43.2 Å². The van der Waals surface area contributed by atoms with Gasteiger partial charge in [-0.05, 0) is 70.6 Å². The van der Waals surface area contributed by atoms with Crippen LogP contribution >= 0.6 is 7.82 Å². The molecular formula is C49H87O13P. The average Bonchev–Trinajstić information content (AvgIpc) is 3.26. The first-order valence-electron chi connectivity index (χ1n) is 24.4. The summed E-state index contributed by atoms with van der Waals surface area (Å²) in [4.78, 5) is 35.8. The highest BCUT2D eigenvalue weighted by atomic mass is 31.2. The van der Waals surface area contributed by atoms with Crippen molar-refractivity contribution in [2.75, 3.05) is 13.2 Å².